The van der Waals surface area contributed by atoms with Crippen LogP contribution in [0.25, 0.3) is 0 Å². The maximum Gasteiger partial charge on any atom is 0.173 e. The summed E-state index contributed by atoms with van der Waals surface area (Å²) >= 11 is 5.61. The number of nitrogens with one attached hydrogen (secondary N) is 1. The van der Waals surface area contributed by atoms with E-state index in [0.29, 0.717) is 18.1 Å². The summed E-state index contributed by atoms with van der Waals surface area (Å²) in [4.78, 5) is 2.00. The average molecular weight is 385 g/mol. The molecule has 6 nitrogen and oxygen atoms in total. The topological polar surface area (TPSA) is 67.9 Å². The molecular formula is C17H24N2O4S2. The number of hydrogen-bond donors (Lipinski definition) is 1. The Morgan fingerprint density at radius 3 is 2.92 bits per heavy atom. The van der Waals surface area contributed by atoms with Gasteiger partial charge in [0, 0.05) is 30.9 Å². The largest absolute Gasteiger partial charge is 0.497 e. The summed E-state index contributed by atoms with van der Waals surface area (Å²) < 4.78 is 34.8. The number of nitrogens with zero attached hydrogens (tertiary/aromatic N) is 1. The van der Waals surface area contributed by atoms with Gasteiger partial charge in [0.2, 0.25) is 0 Å². The minimum absolute atomic E-state index is 0.0974. The monoisotopic (exact) mass is 384 g/mol. The Labute approximate surface area is 154 Å². The van der Waals surface area contributed by atoms with Crippen molar-refractivity contribution < 1.29 is 17.9 Å². The fourth-order valence-corrected chi connectivity index (χ4v) is 5.39. The van der Waals surface area contributed by atoms with Crippen LogP contribution in [-0.2, 0) is 14.6 Å². The smallest absolute Gasteiger partial charge is 0.173 e. The standard InChI is InChI=1S/C17H24N2O4S2/c1-22-15-5-2-4-13(10-15)18-17(24)19(11-16-6-3-8-23-16)14-7-9-25(20,21)12-14/h2,4-5,10,14,16H,3,6-9,11-12H2,1H3,(H,18,24)/t14-,16+/m1/s1. The van der Waals surface area contributed by atoms with Gasteiger partial charge in [0.25, 0.3) is 0 Å². The number of thiocarbonyl (C=S) groups is 1. The SMILES string of the molecule is COc1cccc(NC(=S)N(C[C@@H]2CCCO2)[C@@H]2CCS(=O)(=O)C2)c1. The summed E-state index contributed by atoms with van der Waals surface area (Å²) in [6.07, 6.45) is 2.73. The van der Waals surface area contributed by atoms with E-state index >= 15 is 0 Å². The Morgan fingerprint density at radius 2 is 2.28 bits per heavy atom. The molecule has 1 N–H and O–H groups in total. The van der Waals surface area contributed by atoms with Crippen molar-refractivity contribution in [1.82, 2.24) is 4.90 Å². The van der Waals surface area contributed by atoms with Gasteiger partial charge < -0.3 is 19.7 Å². The summed E-state index contributed by atoms with van der Waals surface area (Å²) in [7, 11) is -1.37. The molecule has 25 heavy (non-hydrogen) atoms. The lowest BCUT2D eigenvalue weighted by atomic mass is 10.2. The van der Waals surface area contributed by atoms with Crippen molar-refractivity contribution in [1.29, 1.82) is 0 Å². The van der Waals surface area contributed by atoms with Crippen molar-refractivity contribution >= 4 is 32.9 Å². The third-order valence-corrected chi connectivity index (χ3v) is 6.74. The van der Waals surface area contributed by atoms with Crippen LogP contribution in [0.15, 0.2) is 24.3 Å². The second kappa shape index (κ2) is 7.88. The highest BCUT2D eigenvalue weighted by atomic mass is 32.2. The van der Waals surface area contributed by atoms with Gasteiger partial charge in [-0.05, 0) is 43.6 Å². The quantitative estimate of drug-likeness (QED) is 0.780. The predicted octanol–water partition coefficient (Wildman–Crippen LogP) is 2.06. The van der Waals surface area contributed by atoms with Gasteiger partial charge in [0.05, 0.1) is 24.7 Å². The minimum atomic E-state index is -2.98. The Hall–Kier alpha value is -1.38. The number of methoxy groups -OCH3 is 1. The van der Waals surface area contributed by atoms with Gasteiger partial charge in [-0.25, -0.2) is 8.42 Å². The van der Waals surface area contributed by atoms with Crippen LogP contribution < -0.4 is 10.1 Å². The molecule has 2 aliphatic heterocycles. The summed E-state index contributed by atoms with van der Waals surface area (Å²) in [6, 6.07) is 7.42. The molecule has 0 bridgehead atoms. The molecule has 138 valence electrons. The number of rotatable bonds is 5. The first kappa shape index (κ1) is 18.4. The van der Waals surface area contributed by atoms with E-state index in [2.05, 4.69) is 5.32 Å². The number of hydrogen-bond acceptors (Lipinski definition) is 5. The number of benzene rings is 1. The molecule has 2 fully saturated rings. The lowest BCUT2D eigenvalue weighted by Gasteiger charge is -2.33. The minimum Gasteiger partial charge on any atom is -0.497 e. The maximum absolute atomic E-state index is 11.9. The lowest BCUT2D eigenvalue weighted by molar-refractivity contribution is 0.0851. The van der Waals surface area contributed by atoms with Gasteiger partial charge in [0.1, 0.15) is 5.75 Å². The van der Waals surface area contributed by atoms with Gasteiger partial charge in [0.15, 0.2) is 14.9 Å². The normalized spacial score (nSPS) is 24.8. The van der Waals surface area contributed by atoms with Gasteiger partial charge in [-0.15, -0.1) is 0 Å². The first-order chi connectivity index (χ1) is 12.0. The molecule has 8 heteroatoms. The Morgan fingerprint density at radius 1 is 1.44 bits per heavy atom. The van der Waals surface area contributed by atoms with Gasteiger partial charge in [-0.2, -0.15) is 0 Å². The summed E-state index contributed by atoms with van der Waals surface area (Å²) in [5.41, 5.74) is 0.822. The molecule has 0 radical (unpaired) electrons. The molecule has 0 unspecified atom stereocenters. The molecular weight excluding hydrogens is 360 g/mol. The molecule has 0 saturated carbocycles. The maximum atomic E-state index is 11.9. The zero-order chi connectivity index (χ0) is 17.9. The van der Waals surface area contributed by atoms with Crippen LogP contribution in [0.2, 0.25) is 0 Å². The molecule has 1 aromatic carbocycles. The fraction of sp³-hybridized carbons (Fsp3) is 0.588. The highest BCUT2D eigenvalue weighted by Gasteiger charge is 2.35. The molecule has 2 aliphatic rings. The molecule has 1 aromatic rings. The summed E-state index contributed by atoms with van der Waals surface area (Å²) in [5.74, 6) is 1.11. The second-order valence-electron chi connectivity index (χ2n) is 6.51. The zero-order valence-corrected chi connectivity index (χ0v) is 15.9. The Bertz CT molecular complexity index is 717. The van der Waals surface area contributed by atoms with Crippen molar-refractivity contribution in [2.45, 2.75) is 31.4 Å². The van der Waals surface area contributed by atoms with Crippen LogP contribution in [0.1, 0.15) is 19.3 Å². The summed E-state index contributed by atoms with van der Waals surface area (Å²) in [6.45, 7) is 1.38. The molecule has 2 heterocycles. The van der Waals surface area contributed by atoms with Crippen molar-refractivity contribution in [3.05, 3.63) is 24.3 Å². The molecule has 0 aliphatic carbocycles. The predicted molar refractivity (Wildman–Crippen MR) is 102 cm³/mol. The number of ether oxygens (including phenoxy) is 2. The Balaban J connectivity index is 1.73. The van der Waals surface area contributed by atoms with E-state index in [9.17, 15) is 8.42 Å². The average Bonchev–Trinajstić information content (AvgIpc) is 3.21. The van der Waals surface area contributed by atoms with Crippen LogP contribution in [0, 0.1) is 0 Å². The fourth-order valence-electron chi connectivity index (χ4n) is 3.32. The van der Waals surface area contributed by atoms with Crippen LogP contribution in [0.4, 0.5) is 5.69 Å². The molecule has 0 amide bonds. The van der Waals surface area contributed by atoms with E-state index in [1.165, 1.54) is 0 Å². The molecule has 0 spiro atoms. The molecule has 3 rings (SSSR count). The lowest BCUT2D eigenvalue weighted by Crippen LogP contribution is -2.47. The Kier molecular flexibility index (Phi) is 5.81. The van der Waals surface area contributed by atoms with Crippen LogP contribution in [-0.4, -0.2) is 62.3 Å². The first-order valence-corrected chi connectivity index (χ1v) is 10.7. The van der Waals surface area contributed by atoms with Crippen LogP contribution in [0.3, 0.4) is 0 Å². The first-order valence-electron chi connectivity index (χ1n) is 8.50. The van der Waals surface area contributed by atoms with Crippen LogP contribution in [0.5, 0.6) is 5.75 Å². The number of anilines is 1. The van der Waals surface area contributed by atoms with Crippen LogP contribution >= 0.6 is 12.2 Å². The van der Waals surface area contributed by atoms with E-state index in [-0.39, 0.29) is 23.7 Å². The van der Waals surface area contributed by atoms with E-state index in [1.54, 1.807) is 7.11 Å². The van der Waals surface area contributed by atoms with Crippen molar-refractivity contribution in [3.8, 4) is 5.75 Å². The van der Waals surface area contributed by atoms with E-state index in [1.807, 2.05) is 29.2 Å². The highest BCUT2D eigenvalue weighted by molar-refractivity contribution is 7.91. The third kappa shape index (κ3) is 4.83. The molecule has 2 atom stereocenters. The van der Waals surface area contributed by atoms with Crippen molar-refractivity contribution in [3.63, 3.8) is 0 Å². The zero-order valence-electron chi connectivity index (χ0n) is 14.3. The second-order valence-corrected chi connectivity index (χ2v) is 9.12. The van der Waals surface area contributed by atoms with Crippen molar-refractivity contribution in [2.75, 3.05) is 37.1 Å². The van der Waals surface area contributed by atoms with Gasteiger partial charge in [-0.3, -0.25) is 0 Å². The van der Waals surface area contributed by atoms with Crippen molar-refractivity contribution in [2.24, 2.45) is 0 Å². The highest BCUT2D eigenvalue weighted by Crippen LogP contribution is 2.23. The van der Waals surface area contributed by atoms with Gasteiger partial charge in [-0.1, -0.05) is 6.07 Å². The van der Waals surface area contributed by atoms with E-state index in [0.717, 1.165) is 30.9 Å². The molecule has 0 aromatic heterocycles. The third-order valence-electron chi connectivity index (χ3n) is 4.66. The van der Waals surface area contributed by atoms with E-state index < -0.39 is 9.84 Å². The molecule has 2 saturated heterocycles. The van der Waals surface area contributed by atoms with Gasteiger partial charge >= 0.3 is 0 Å². The summed E-state index contributed by atoms with van der Waals surface area (Å²) in [5, 5.41) is 3.76. The van der Waals surface area contributed by atoms with E-state index in [4.69, 9.17) is 21.7 Å². The number of sulfone groups is 1.